The Balaban J connectivity index is 2.19. The summed E-state index contributed by atoms with van der Waals surface area (Å²) >= 11 is 3.18. The number of hydrogen-bond acceptors (Lipinski definition) is 5. The molecular weight excluding hydrogens is 252 g/mol. The number of ketones is 1. The molecule has 0 saturated carbocycles. The molecule has 0 fully saturated rings. The number of Topliss-reactive ketones (excluding diaryl/α,β-unsaturated/α-hetero) is 1. The summed E-state index contributed by atoms with van der Waals surface area (Å²) < 4.78 is 0. The molecule has 0 aliphatic carbocycles. The van der Waals surface area contributed by atoms with Crippen LogP contribution in [-0.2, 0) is 0 Å². The quantitative estimate of drug-likeness (QED) is 0.793. The van der Waals surface area contributed by atoms with Crippen molar-refractivity contribution in [3.05, 3.63) is 33.5 Å². The molecule has 1 unspecified atom stereocenters. The van der Waals surface area contributed by atoms with E-state index in [0.717, 1.165) is 5.13 Å². The van der Waals surface area contributed by atoms with Gasteiger partial charge in [-0.3, -0.25) is 4.79 Å². The van der Waals surface area contributed by atoms with Crippen molar-refractivity contribution in [2.24, 2.45) is 0 Å². The second-order valence-electron chi connectivity index (χ2n) is 3.87. The van der Waals surface area contributed by atoms with Crippen LogP contribution in [0.5, 0.6) is 0 Å². The lowest BCUT2D eigenvalue weighted by Crippen LogP contribution is -2.20. The van der Waals surface area contributed by atoms with Gasteiger partial charge in [0.05, 0.1) is 17.1 Å². The molecule has 0 radical (unpaired) electrons. The number of aromatic nitrogens is 1. The molecule has 2 heterocycles. The summed E-state index contributed by atoms with van der Waals surface area (Å²) in [6.07, 6.45) is 1.65. The molecule has 5 heteroatoms. The number of hydrogen-bond donors (Lipinski definition) is 0. The van der Waals surface area contributed by atoms with Gasteiger partial charge in [-0.2, -0.15) is 0 Å². The predicted octanol–water partition coefficient (Wildman–Crippen LogP) is 3.60. The van der Waals surface area contributed by atoms with E-state index in [9.17, 15) is 4.79 Å². The van der Waals surface area contributed by atoms with Crippen LogP contribution in [0.15, 0.2) is 23.7 Å². The number of carbonyl (C=O) groups is 1. The minimum absolute atomic E-state index is 0.0749. The molecule has 17 heavy (non-hydrogen) atoms. The van der Waals surface area contributed by atoms with Crippen molar-refractivity contribution in [1.29, 1.82) is 0 Å². The molecule has 0 spiro atoms. The topological polar surface area (TPSA) is 33.2 Å². The van der Waals surface area contributed by atoms with Crippen molar-refractivity contribution in [2.75, 3.05) is 11.9 Å². The van der Waals surface area contributed by atoms with Gasteiger partial charge in [0.15, 0.2) is 10.9 Å². The molecule has 0 N–H and O–H groups in total. The normalized spacial score (nSPS) is 12.4. The molecule has 90 valence electrons. The Bertz CT molecular complexity index is 504. The summed E-state index contributed by atoms with van der Waals surface area (Å²) in [7, 11) is 2.01. The van der Waals surface area contributed by atoms with E-state index in [0.29, 0.717) is 4.88 Å². The fourth-order valence-corrected chi connectivity index (χ4v) is 3.16. The molecule has 0 aliphatic rings. The zero-order valence-electron chi connectivity index (χ0n) is 10.0. The predicted molar refractivity (Wildman–Crippen MR) is 73.3 cm³/mol. The summed E-state index contributed by atoms with van der Waals surface area (Å²) in [6, 6.07) is 4.44. The highest BCUT2D eigenvalue weighted by Gasteiger charge is 2.17. The number of thiazole rings is 1. The highest BCUT2D eigenvalue weighted by atomic mass is 32.1. The van der Waals surface area contributed by atoms with E-state index >= 15 is 0 Å². The Labute approximate surface area is 109 Å². The van der Waals surface area contributed by atoms with E-state index < -0.39 is 0 Å². The van der Waals surface area contributed by atoms with Gasteiger partial charge in [-0.1, -0.05) is 17.4 Å². The summed E-state index contributed by atoms with van der Waals surface area (Å²) in [4.78, 5) is 19.6. The van der Waals surface area contributed by atoms with Gasteiger partial charge < -0.3 is 4.90 Å². The fraction of sp³-hybridized carbons (Fsp3) is 0.333. The molecule has 0 aromatic carbocycles. The Hall–Kier alpha value is -1.20. The third kappa shape index (κ3) is 2.56. The first kappa shape index (κ1) is 12.3. The summed E-state index contributed by atoms with van der Waals surface area (Å²) in [5.41, 5.74) is 0. The van der Waals surface area contributed by atoms with Crippen molar-refractivity contribution < 1.29 is 4.79 Å². The first-order chi connectivity index (χ1) is 8.09. The van der Waals surface area contributed by atoms with Crippen molar-refractivity contribution in [3.63, 3.8) is 0 Å². The van der Waals surface area contributed by atoms with Crippen molar-refractivity contribution in [2.45, 2.75) is 19.9 Å². The van der Waals surface area contributed by atoms with E-state index in [-0.39, 0.29) is 11.8 Å². The molecule has 0 aliphatic heterocycles. The average Bonchev–Trinajstić information content (AvgIpc) is 2.97. The third-order valence-electron chi connectivity index (χ3n) is 2.68. The van der Waals surface area contributed by atoms with Crippen LogP contribution in [0.4, 0.5) is 5.13 Å². The van der Waals surface area contributed by atoms with Crippen molar-refractivity contribution >= 4 is 33.6 Å². The lowest BCUT2D eigenvalue weighted by molar-refractivity contribution is 0.102. The van der Waals surface area contributed by atoms with Gasteiger partial charge in [0.25, 0.3) is 0 Å². The lowest BCUT2D eigenvalue weighted by Gasteiger charge is -2.23. The highest BCUT2D eigenvalue weighted by molar-refractivity contribution is 7.17. The smallest absolute Gasteiger partial charge is 0.186 e. The number of carbonyl (C=O) groups excluding carboxylic acids is 1. The maximum Gasteiger partial charge on any atom is 0.186 e. The SMILES string of the molecule is CC(=O)c1cnc(N(C)C(C)c2cccs2)s1. The van der Waals surface area contributed by atoms with Gasteiger partial charge in [0.2, 0.25) is 0 Å². The second-order valence-corrected chi connectivity index (χ2v) is 5.85. The Kier molecular flexibility index (Phi) is 3.59. The highest BCUT2D eigenvalue weighted by Crippen LogP contribution is 2.30. The van der Waals surface area contributed by atoms with Crippen LogP contribution in [0.3, 0.4) is 0 Å². The number of nitrogens with zero attached hydrogens (tertiary/aromatic N) is 2. The standard InChI is InChI=1S/C12H14N2OS2/c1-8(10-5-4-6-16-10)14(3)12-13-7-11(17-12)9(2)15/h4-8H,1-3H3. The van der Waals surface area contributed by atoms with E-state index in [1.807, 2.05) is 13.1 Å². The Morgan fingerprint density at radius 1 is 1.53 bits per heavy atom. The second kappa shape index (κ2) is 4.98. The van der Waals surface area contributed by atoms with Crippen LogP contribution in [0.2, 0.25) is 0 Å². The largest absolute Gasteiger partial charge is 0.344 e. The van der Waals surface area contributed by atoms with E-state index in [1.54, 1.807) is 24.5 Å². The lowest BCUT2D eigenvalue weighted by atomic mass is 10.2. The van der Waals surface area contributed by atoms with Crippen LogP contribution in [-0.4, -0.2) is 17.8 Å². The molecular formula is C12H14N2OS2. The minimum Gasteiger partial charge on any atom is -0.344 e. The van der Waals surface area contributed by atoms with Crippen LogP contribution >= 0.6 is 22.7 Å². The maximum absolute atomic E-state index is 11.2. The maximum atomic E-state index is 11.2. The average molecular weight is 266 g/mol. The van der Waals surface area contributed by atoms with Crippen LogP contribution in [0.1, 0.15) is 34.4 Å². The molecule has 2 aromatic rings. The van der Waals surface area contributed by atoms with E-state index in [4.69, 9.17) is 0 Å². The number of thiophene rings is 1. The molecule has 2 aromatic heterocycles. The molecule has 2 rings (SSSR count). The molecule has 1 atom stereocenters. The third-order valence-corrected chi connectivity index (χ3v) is 4.91. The van der Waals surface area contributed by atoms with Crippen LogP contribution < -0.4 is 4.90 Å². The monoisotopic (exact) mass is 266 g/mol. The van der Waals surface area contributed by atoms with Crippen LogP contribution in [0.25, 0.3) is 0 Å². The zero-order chi connectivity index (χ0) is 12.4. The molecule has 0 amide bonds. The van der Waals surface area contributed by atoms with Crippen molar-refractivity contribution in [3.8, 4) is 0 Å². The van der Waals surface area contributed by atoms with Gasteiger partial charge in [-0.25, -0.2) is 4.98 Å². The van der Waals surface area contributed by atoms with Gasteiger partial charge >= 0.3 is 0 Å². The summed E-state index contributed by atoms with van der Waals surface area (Å²) in [5.74, 6) is 0.0749. The van der Waals surface area contributed by atoms with Crippen molar-refractivity contribution in [1.82, 2.24) is 4.98 Å². The molecule has 0 saturated heterocycles. The van der Waals surface area contributed by atoms with Gasteiger partial charge in [0, 0.05) is 18.8 Å². The fourth-order valence-electron chi connectivity index (χ4n) is 1.48. The summed E-state index contributed by atoms with van der Waals surface area (Å²) in [6.45, 7) is 3.71. The molecule has 0 bridgehead atoms. The van der Waals surface area contributed by atoms with Gasteiger partial charge in [-0.15, -0.1) is 11.3 Å². The molecule has 3 nitrogen and oxygen atoms in total. The van der Waals surface area contributed by atoms with Gasteiger partial charge in [0.1, 0.15) is 0 Å². The van der Waals surface area contributed by atoms with Crippen LogP contribution in [0, 0.1) is 0 Å². The van der Waals surface area contributed by atoms with E-state index in [2.05, 4.69) is 28.3 Å². The Morgan fingerprint density at radius 2 is 2.29 bits per heavy atom. The van der Waals surface area contributed by atoms with E-state index in [1.165, 1.54) is 16.2 Å². The van der Waals surface area contributed by atoms with Gasteiger partial charge in [-0.05, 0) is 18.4 Å². The number of rotatable bonds is 4. The minimum atomic E-state index is 0.0749. The first-order valence-electron chi connectivity index (χ1n) is 5.32. The Morgan fingerprint density at radius 3 is 2.82 bits per heavy atom. The zero-order valence-corrected chi connectivity index (χ0v) is 11.6. The first-order valence-corrected chi connectivity index (χ1v) is 7.02. The number of anilines is 1. The summed E-state index contributed by atoms with van der Waals surface area (Å²) in [5, 5.41) is 2.96.